The Kier molecular flexibility index (Phi) is 4.15. The fraction of sp³-hybridized carbons (Fsp3) is 1.00. The minimum absolute atomic E-state index is 0.260. The molecule has 3 heteroatoms. The van der Waals surface area contributed by atoms with Gasteiger partial charge in [0, 0.05) is 17.6 Å². The third-order valence-electron chi connectivity index (χ3n) is 3.44. The van der Waals surface area contributed by atoms with Crippen LogP contribution >= 0.6 is 0 Å². The first-order chi connectivity index (χ1) is 6.90. The molecule has 15 heavy (non-hydrogen) atoms. The van der Waals surface area contributed by atoms with Gasteiger partial charge in [0.15, 0.2) is 0 Å². The molecule has 0 spiro atoms. The summed E-state index contributed by atoms with van der Waals surface area (Å²) in [6, 6.07) is 0. The Balaban J connectivity index is 2.60. The lowest BCUT2D eigenvalue weighted by atomic mass is 9.81. The van der Waals surface area contributed by atoms with Crippen LogP contribution in [0.1, 0.15) is 53.4 Å². The number of nitrogens with two attached hydrogens (primary N) is 1. The number of hydrazine groups is 1. The molecular weight excluding hydrogens is 186 g/mol. The van der Waals surface area contributed by atoms with Crippen LogP contribution in [0.4, 0.5) is 0 Å². The third kappa shape index (κ3) is 3.16. The summed E-state index contributed by atoms with van der Waals surface area (Å²) in [5, 5.41) is 2.44. The smallest absolute Gasteiger partial charge is 0.0304 e. The lowest BCUT2D eigenvalue weighted by Crippen LogP contribution is -2.64. The van der Waals surface area contributed by atoms with Gasteiger partial charge < -0.3 is 5.73 Å². The van der Waals surface area contributed by atoms with Crippen LogP contribution < -0.4 is 11.2 Å². The summed E-state index contributed by atoms with van der Waals surface area (Å²) >= 11 is 0. The number of nitrogens with one attached hydrogen (secondary N) is 1. The molecule has 0 radical (unpaired) electrons. The van der Waals surface area contributed by atoms with Crippen LogP contribution in [0, 0.1) is 0 Å². The highest BCUT2D eigenvalue weighted by atomic mass is 15.6. The van der Waals surface area contributed by atoms with Crippen LogP contribution in [0.2, 0.25) is 0 Å². The fourth-order valence-electron chi connectivity index (χ4n) is 2.72. The maximum absolute atomic E-state index is 5.52. The SMILES string of the molecule is CC1(C)CCCC(C)(C)N1NCCCN. The van der Waals surface area contributed by atoms with Crippen molar-refractivity contribution < 1.29 is 0 Å². The number of rotatable bonds is 4. The molecule has 1 aliphatic rings. The summed E-state index contributed by atoms with van der Waals surface area (Å²) in [5.74, 6) is 0. The van der Waals surface area contributed by atoms with E-state index in [0.29, 0.717) is 0 Å². The van der Waals surface area contributed by atoms with Crippen molar-refractivity contribution >= 4 is 0 Å². The summed E-state index contributed by atoms with van der Waals surface area (Å²) < 4.78 is 0. The van der Waals surface area contributed by atoms with E-state index < -0.39 is 0 Å². The van der Waals surface area contributed by atoms with Crippen molar-refractivity contribution in [2.45, 2.75) is 64.5 Å². The van der Waals surface area contributed by atoms with Crippen molar-refractivity contribution in [3.05, 3.63) is 0 Å². The highest BCUT2D eigenvalue weighted by molar-refractivity contribution is 4.94. The van der Waals surface area contributed by atoms with Gasteiger partial charge in [-0.3, -0.25) is 5.43 Å². The van der Waals surface area contributed by atoms with Crippen LogP contribution in [-0.4, -0.2) is 29.2 Å². The quantitative estimate of drug-likeness (QED) is 0.701. The van der Waals surface area contributed by atoms with Crippen LogP contribution in [0.25, 0.3) is 0 Å². The van der Waals surface area contributed by atoms with E-state index >= 15 is 0 Å². The van der Waals surface area contributed by atoms with E-state index in [1.165, 1.54) is 19.3 Å². The van der Waals surface area contributed by atoms with Crippen LogP contribution in [-0.2, 0) is 0 Å². The van der Waals surface area contributed by atoms with Crippen molar-refractivity contribution in [3.8, 4) is 0 Å². The van der Waals surface area contributed by atoms with Gasteiger partial charge in [0.1, 0.15) is 0 Å². The molecule has 0 saturated carbocycles. The Morgan fingerprint density at radius 1 is 1.13 bits per heavy atom. The zero-order valence-corrected chi connectivity index (χ0v) is 10.8. The first kappa shape index (κ1) is 12.9. The molecule has 3 nitrogen and oxygen atoms in total. The minimum atomic E-state index is 0.260. The average Bonchev–Trinajstić information content (AvgIpc) is 2.09. The average molecular weight is 213 g/mol. The largest absolute Gasteiger partial charge is 0.330 e. The molecule has 90 valence electrons. The van der Waals surface area contributed by atoms with Gasteiger partial charge in [0.05, 0.1) is 0 Å². The summed E-state index contributed by atoms with van der Waals surface area (Å²) in [6.07, 6.45) is 4.91. The van der Waals surface area contributed by atoms with Gasteiger partial charge in [0.25, 0.3) is 0 Å². The van der Waals surface area contributed by atoms with Crippen LogP contribution in [0.15, 0.2) is 0 Å². The standard InChI is InChI=1S/C12H27N3/c1-11(2)7-5-8-12(3,4)15(11)14-10-6-9-13/h14H,5-10,13H2,1-4H3. The molecule has 0 bridgehead atoms. The molecule has 1 fully saturated rings. The normalized spacial score (nSPS) is 25.4. The third-order valence-corrected chi connectivity index (χ3v) is 3.44. The lowest BCUT2D eigenvalue weighted by Gasteiger charge is -2.52. The molecule has 3 N–H and O–H groups in total. The molecule has 0 unspecified atom stereocenters. The minimum Gasteiger partial charge on any atom is -0.330 e. The van der Waals surface area contributed by atoms with Crippen molar-refractivity contribution in [2.24, 2.45) is 5.73 Å². The highest BCUT2D eigenvalue weighted by Gasteiger charge is 2.40. The van der Waals surface area contributed by atoms with E-state index in [-0.39, 0.29) is 11.1 Å². The Morgan fingerprint density at radius 3 is 2.13 bits per heavy atom. The molecule has 0 atom stereocenters. The van der Waals surface area contributed by atoms with E-state index in [1.807, 2.05) is 0 Å². The van der Waals surface area contributed by atoms with Gasteiger partial charge in [0.2, 0.25) is 0 Å². The maximum atomic E-state index is 5.52. The van der Waals surface area contributed by atoms with Crippen molar-refractivity contribution in [1.29, 1.82) is 0 Å². The molecule has 1 aliphatic heterocycles. The Bertz CT molecular complexity index is 183. The molecule has 0 amide bonds. The zero-order chi connectivity index (χ0) is 11.5. The van der Waals surface area contributed by atoms with E-state index in [4.69, 9.17) is 5.73 Å². The van der Waals surface area contributed by atoms with E-state index in [9.17, 15) is 0 Å². The van der Waals surface area contributed by atoms with Crippen molar-refractivity contribution in [3.63, 3.8) is 0 Å². The van der Waals surface area contributed by atoms with Gasteiger partial charge in [-0.05, 0) is 59.9 Å². The highest BCUT2D eigenvalue weighted by Crippen LogP contribution is 2.36. The summed E-state index contributed by atoms with van der Waals surface area (Å²) in [6.45, 7) is 11.0. The Morgan fingerprint density at radius 2 is 1.67 bits per heavy atom. The number of hydrogen-bond acceptors (Lipinski definition) is 3. The number of hydrogen-bond donors (Lipinski definition) is 2. The Hall–Kier alpha value is -0.120. The predicted octanol–water partition coefficient (Wildman–Crippen LogP) is 1.88. The van der Waals surface area contributed by atoms with Gasteiger partial charge in [-0.25, -0.2) is 5.01 Å². The lowest BCUT2D eigenvalue weighted by molar-refractivity contribution is -0.0698. The van der Waals surface area contributed by atoms with Crippen LogP contribution in [0.5, 0.6) is 0 Å². The van der Waals surface area contributed by atoms with Gasteiger partial charge in [-0.2, -0.15) is 0 Å². The number of piperidine rings is 1. The van der Waals surface area contributed by atoms with Gasteiger partial charge in [-0.15, -0.1) is 0 Å². The first-order valence-corrected chi connectivity index (χ1v) is 6.14. The second kappa shape index (κ2) is 4.81. The predicted molar refractivity (Wildman–Crippen MR) is 65.5 cm³/mol. The second-order valence-electron chi connectivity index (χ2n) is 5.86. The number of nitrogens with zero attached hydrogens (tertiary/aromatic N) is 1. The fourth-order valence-corrected chi connectivity index (χ4v) is 2.72. The van der Waals surface area contributed by atoms with Gasteiger partial charge in [-0.1, -0.05) is 0 Å². The summed E-state index contributed by atoms with van der Waals surface area (Å²) in [4.78, 5) is 0. The second-order valence-corrected chi connectivity index (χ2v) is 5.86. The molecule has 1 heterocycles. The zero-order valence-electron chi connectivity index (χ0n) is 10.8. The van der Waals surface area contributed by atoms with Crippen LogP contribution in [0.3, 0.4) is 0 Å². The van der Waals surface area contributed by atoms with E-state index in [2.05, 4.69) is 38.1 Å². The van der Waals surface area contributed by atoms with E-state index in [1.54, 1.807) is 0 Å². The molecule has 0 aromatic rings. The molecule has 1 saturated heterocycles. The maximum Gasteiger partial charge on any atom is 0.0304 e. The van der Waals surface area contributed by atoms with Crippen molar-refractivity contribution in [2.75, 3.05) is 13.1 Å². The van der Waals surface area contributed by atoms with Gasteiger partial charge >= 0.3 is 0 Å². The molecule has 0 aliphatic carbocycles. The first-order valence-electron chi connectivity index (χ1n) is 6.14. The molecule has 0 aromatic carbocycles. The molecular formula is C12H27N3. The monoisotopic (exact) mass is 213 g/mol. The Labute approximate surface area is 94.4 Å². The van der Waals surface area contributed by atoms with E-state index in [0.717, 1.165) is 19.5 Å². The summed E-state index contributed by atoms with van der Waals surface area (Å²) in [5.41, 5.74) is 9.60. The molecule has 1 rings (SSSR count). The topological polar surface area (TPSA) is 41.3 Å². The molecule has 0 aromatic heterocycles. The summed E-state index contributed by atoms with van der Waals surface area (Å²) in [7, 11) is 0. The van der Waals surface area contributed by atoms with Crippen molar-refractivity contribution in [1.82, 2.24) is 10.4 Å².